The molecule has 0 fully saturated rings. The number of hydrogen-bond donors (Lipinski definition) is 3. The molecule has 0 aliphatic carbocycles. The molecule has 3 unspecified atom stereocenters. The standard InChI is InChI=1S/C67H130O17P2/c1-9-60(8)46-38-30-23-26-32-40-48-65(70)78-54-63(84-67(72)50-42-34-25-22-29-37-45-59(6)7)56-82-86(75,76)80-52-61(68)51-79-85(73,74)81-55-62(83-66(71)49-41-33-24-21-28-36-44-58(4)5)53-77-64(69)47-39-31-20-18-16-14-12-10-11-13-15-17-19-27-35-43-57(2)3/h57-63,68H,9-56H2,1-8H3,(H,73,74)(H,75,76)/t60?,61-,62-,63-/m1/s1. The molecule has 0 bridgehead atoms. The van der Waals surface area contributed by atoms with Crippen LogP contribution in [0.1, 0.15) is 325 Å². The van der Waals surface area contributed by atoms with Crippen molar-refractivity contribution in [2.24, 2.45) is 23.7 Å². The molecule has 6 atom stereocenters. The zero-order chi connectivity index (χ0) is 63.9. The van der Waals surface area contributed by atoms with E-state index in [2.05, 4.69) is 55.4 Å². The number of aliphatic hydroxyl groups excluding tert-OH is 1. The molecule has 0 radical (unpaired) electrons. The molecule has 0 aromatic carbocycles. The number of carbonyl (C=O) groups excluding carboxylic acids is 4. The van der Waals surface area contributed by atoms with Crippen molar-refractivity contribution < 1.29 is 80.2 Å². The van der Waals surface area contributed by atoms with Crippen LogP contribution in [0.2, 0.25) is 0 Å². The second kappa shape index (κ2) is 57.0. The van der Waals surface area contributed by atoms with Gasteiger partial charge in [-0.2, -0.15) is 0 Å². The summed E-state index contributed by atoms with van der Waals surface area (Å²) < 4.78 is 68.0. The molecule has 0 saturated carbocycles. The third-order valence-corrected chi connectivity index (χ3v) is 17.6. The van der Waals surface area contributed by atoms with Crippen LogP contribution in [0.4, 0.5) is 0 Å². The number of aliphatic hydroxyl groups is 1. The van der Waals surface area contributed by atoms with Gasteiger partial charge in [-0.1, -0.05) is 274 Å². The Morgan fingerprint density at radius 2 is 0.558 bits per heavy atom. The second-order valence-electron chi connectivity index (χ2n) is 25.9. The molecule has 86 heavy (non-hydrogen) atoms. The molecule has 0 saturated heterocycles. The number of phosphoric ester groups is 2. The highest BCUT2D eigenvalue weighted by Crippen LogP contribution is 2.45. The van der Waals surface area contributed by atoms with Gasteiger partial charge in [-0.05, 0) is 49.4 Å². The minimum absolute atomic E-state index is 0.101. The van der Waals surface area contributed by atoms with Crippen molar-refractivity contribution in [2.75, 3.05) is 39.6 Å². The van der Waals surface area contributed by atoms with E-state index in [1.807, 2.05) is 0 Å². The maximum absolute atomic E-state index is 13.0. The van der Waals surface area contributed by atoms with Crippen LogP contribution in [0.3, 0.4) is 0 Å². The maximum Gasteiger partial charge on any atom is 0.472 e. The number of unbranched alkanes of at least 4 members (excludes halogenated alkanes) is 29. The first-order chi connectivity index (χ1) is 41.1. The number of esters is 4. The van der Waals surface area contributed by atoms with Gasteiger partial charge in [0, 0.05) is 25.7 Å². The highest BCUT2D eigenvalue weighted by atomic mass is 31.2. The zero-order valence-electron chi connectivity index (χ0n) is 55.9. The first-order valence-corrected chi connectivity index (χ1v) is 37.7. The van der Waals surface area contributed by atoms with Crippen LogP contribution in [0.5, 0.6) is 0 Å². The van der Waals surface area contributed by atoms with E-state index in [9.17, 15) is 43.2 Å². The first-order valence-electron chi connectivity index (χ1n) is 34.7. The molecule has 0 aliphatic rings. The molecule has 19 heteroatoms. The highest BCUT2D eigenvalue weighted by molar-refractivity contribution is 7.47. The first kappa shape index (κ1) is 84.1. The van der Waals surface area contributed by atoms with Gasteiger partial charge in [0.2, 0.25) is 0 Å². The molecule has 0 aromatic heterocycles. The topological polar surface area (TPSA) is 237 Å². The Hall–Kier alpha value is -1.94. The Labute approximate surface area is 524 Å². The summed E-state index contributed by atoms with van der Waals surface area (Å²) in [5.74, 6) is 0.732. The molecular formula is C67H130O17P2. The lowest BCUT2D eigenvalue weighted by Gasteiger charge is -2.21. The van der Waals surface area contributed by atoms with Crippen LogP contribution in [0.15, 0.2) is 0 Å². The second-order valence-corrected chi connectivity index (χ2v) is 28.8. The van der Waals surface area contributed by atoms with E-state index in [-0.39, 0.29) is 25.7 Å². The fourth-order valence-corrected chi connectivity index (χ4v) is 11.5. The molecule has 0 aliphatic heterocycles. The van der Waals surface area contributed by atoms with Gasteiger partial charge >= 0.3 is 39.5 Å². The summed E-state index contributed by atoms with van der Waals surface area (Å²) in [6, 6.07) is 0. The summed E-state index contributed by atoms with van der Waals surface area (Å²) in [6.07, 6.45) is 38.1. The van der Waals surface area contributed by atoms with Crippen LogP contribution in [-0.4, -0.2) is 96.7 Å². The van der Waals surface area contributed by atoms with Gasteiger partial charge in [-0.25, -0.2) is 9.13 Å². The van der Waals surface area contributed by atoms with Gasteiger partial charge in [-0.15, -0.1) is 0 Å². The third-order valence-electron chi connectivity index (χ3n) is 15.7. The molecule has 0 rings (SSSR count). The van der Waals surface area contributed by atoms with E-state index in [0.29, 0.717) is 37.5 Å². The monoisotopic (exact) mass is 1270 g/mol. The minimum Gasteiger partial charge on any atom is -0.462 e. The van der Waals surface area contributed by atoms with Crippen LogP contribution in [0, 0.1) is 23.7 Å². The third kappa shape index (κ3) is 59.7. The van der Waals surface area contributed by atoms with Gasteiger partial charge in [0.15, 0.2) is 12.2 Å². The van der Waals surface area contributed by atoms with Gasteiger partial charge < -0.3 is 33.8 Å². The summed E-state index contributed by atoms with van der Waals surface area (Å²) in [7, 11) is -9.89. The van der Waals surface area contributed by atoms with Crippen molar-refractivity contribution >= 4 is 39.5 Å². The lowest BCUT2D eigenvalue weighted by atomic mass is 10.00. The van der Waals surface area contributed by atoms with Crippen molar-refractivity contribution in [2.45, 2.75) is 343 Å². The number of hydrogen-bond acceptors (Lipinski definition) is 15. The van der Waals surface area contributed by atoms with Crippen molar-refractivity contribution in [1.82, 2.24) is 0 Å². The Morgan fingerprint density at radius 3 is 0.826 bits per heavy atom. The number of phosphoric acid groups is 2. The quantitative estimate of drug-likeness (QED) is 0.0222. The predicted octanol–water partition coefficient (Wildman–Crippen LogP) is 18.5. The van der Waals surface area contributed by atoms with Gasteiger partial charge in [0.05, 0.1) is 26.4 Å². The van der Waals surface area contributed by atoms with E-state index in [0.717, 1.165) is 108 Å². The molecule has 3 N–H and O–H groups in total. The van der Waals surface area contributed by atoms with E-state index in [1.54, 1.807) is 0 Å². The lowest BCUT2D eigenvalue weighted by molar-refractivity contribution is -0.161. The fourth-order valence-electron chi connectivity index (χ4n) is 9.93. The van der Waals surface area contributed by atoms with Crippen LogP contribution in [0.25, 0.3) is 0 Å². The van der Waals surface area contributed by atoms with Crippen molar-refractivity contribution in [3.05, 3.63) is 0 Å². The zero-order valence-corrected chi connectivity index (χ0v) is 57.7. The summed E-state index contributed by atoms with van der Waals surface area (Å²) in [5, 5.41) is 10.5. The molecule has 0 aromatic rings. The highest BCUT2D eigenvalue weighted by Gasteiger charge is 2.30. The van der Waals surface area contributed by atoms with Crippen LogP contribution in [-0.2, 0) is 65.4 Å². The summed E-state index contributed by atoms with van der Waals surface area (Å²) in [5.41, 5.74) is 0. The molecule has 0 spiro atoms. The van der Waals surface area contributed by atoms with E-state index in [1.165, 1.54) is 122 Å². The average Bonchev–Trinajstić information content (AvgIpc) is 3.68. The summed E-state index contributed by atoms with van der Waals surface area (Å²) in [6.45, 7) is 13.9. The van der Waals surface area contributed by atoms with E-state index >= 15 is 0 Å². The molecule has 17 nitrogen and oxygen atoms in total. The van der Waals surface area contributed by atoms with Crippen LogP contribution >= 0.6 is 15.6 Å². The number of rotatable bonds is 64. The smallest absolute Gasteiger partial charge is 0.462 e. The Kier molecular flexibility index (Phi) is 55.7. The van der Waals surface area contributed by atoms with E-state index in [4.69, 9.17) is 37.0 Å². The van der Waals surface area contributed by atoms with Crippen molar-refractivity contribution in [1.29, 1.82) is 0 Å². The summed E-state index contributed by atoms with van der Waals surface area (Å²) >= 11 is 0. The number of carbonyl (C=O) groups is 4. The van der Waals surface area contributed by atoms with Crippen molar-refractivity contribution in [3.8, 4) is 0 Å². The number of ether oxygens (including phenoxy) is 4. The molecule has 510 valence electrons. The van der Waals surface area contributed by atoms with Gasteiger partial charge in [0.25, 0.3) is 0 Å². The normalized spacial score (nSPS) is 14.7. The Morgan fingerprint density at radius 1 is 0.326 bits per heavy atom. The van der Waals surface area contributed by atoms with E-state index < -0.39 is 97.5 Å². The van der Waals surface area contributed by atoms with Gasteiger partial charge in [0.1, 0.15) is 19.3 Å². The van der Waals surface area contributed by atoms with Crippen LogP contribution < -0.4 is 0 Å². The Bertz CT molecular complexity index is 1720. The van der Waals surface area contributed by atoms with Gasteiger partial charge in [-0.3, -0.25) is 37.3 Å². The molecular weight excluding hydrogens is 1140 g/mol. The molecule has 0 amide bonds. The fraction of sp³-hybridized carbons (Fsp3) is 0.940. The lowest BCUT2D eigenvalue weighted by Crippen LogP contribution is -2.30. The summed E-state index contributed by atoms with van der Waals surface area (Å²) in [4.78, 5) is 72.2. The maximum atomic E-state index is 13.0. The Balaban J connectivity index is 5.15. The van der Waals surface area contributed by atoms with Crippen molar-refractivity contribution in [3.63, 3.8) is 0 Å². The average molecular weight is 1270 g/mol. The predicted molar refractivity (Wildman–Crippen MR) is 344 cm³/mol. The largest absolute Gasteiger partial charge is 0.472 e. The molecule has 0 heterocycles. The minimum atomic E-state index is -4.95. The SMILES string of the molecule is CCC(C)CCCCCCCCC(=O)OC[C@H](COP(=O)(O)OC[C@H](O)COP(=O)(O)OC[C@@H](COC(=O)CCCCCCCCCCCCCCCCCC(C)C)OC(=O)CCCCCCCCC(C)C)OC(=O)CCCCCCCCC(C)C.